The highest BCUT2D eigenvalue weighted by Crippen LogP contribution is 2.17. The molecular formula is C6H8O2S. The molecule has 1 atom stereocenters. The SMILES string of the molecule is CC1=S(O)C=CC(O)=C1. The van der Waals surface area contributed by atoms with Crippen LogP contribution in [0.1, 0.15) is 6.92 Å². The van der Waals surface area contributed by atoms with Crippen molar-refractivity contribution in [2.75, 3.05) is 0 Å². The van der Waals surface area contributed by atoms with E-state index in [1.807, 2.05) is 0 Å². The molecule has 0 aromatic heterocycles. The smallest absolute Gasteiger partial charge is 0.116 e. The number of aliphatic hydroxyl groups is 1. The average molecular weight is 144 g/mol. The highest BCUT2D eigenvalue weighted by molar-refractivity contribution is 8.13. The van der Waals surface area contributed by atoms with Gasteiger partial charge in [-0.1, -0.05) is 0 Å². The van der Waals surface area contributed by atoms with E-state index in [2.05, 4.69) is 0 Å². The zero-order chi connectivity index (χ0) is 6.85. The van der Waals surface area contributed by atoms with E-state index >= 15 is 0 Å². The second kappa shape index (κ2) is 2.37. The molecule has 0 radical (unpaired) electrons. The molecule has 0 amide bonds. The van der Waals surface area contributed by atoms with Gasteiger partial charge in [0.2, 0.25) is 0 Å². The first-order valence-electron chi connectivity index (χ1n) is 2.55. The van der Waals surface area contributed by atoms with Crippen LogP contribution in [0.2, 0.25) is 0 Å². The van der Waals surface area contributed by atoms with Crippen molar-refractivity contribution in [3.8, 4) is 0 Å². The quantitative estimate of drug-likeness (QED) is 0.510. The van der Waals surface area contributed by atoms with E-state index in [4.69, 9.17) is 9.66 Å². The Hall–Kier alpha value is -0.540. The van der Waals surface area contributed by atoms with Gasteiger partial charge in [-0.15, -0.1) is 0 Å². The normalized spacial score (nSPS) is 26.2. The monoisotopic (exact) mass is 144 g/mol. The Bertz CT molecular complexity index is 213. The van der Waals surface area contributed by atoms with E-state index in [0.717, 1.165) is 4.86 Å². The van der Waals surface area contributed by atoms with Crippen LogP contribution in [0.25, 0.3) is 0 Å². The van der Waals surface area contributed by atoms with Gasteiger partial charge in [-0.3, -0.25) is 0 Å². The molecule has 1 aliphatic rings. The Kier molecular flexibility index (Phi) is 1.73. The topological polar surface area (TPSA) is 40.5 Å². The number of hydrogen-bond donors (Lipinski definition) is 2. The maximum atomic E-state index is 9.04. The Morgan fingerprint density at radius 3 is 2.67 bits per heavy atom. The van der Waals surface area contributed by atoms with Gasteiger partial charge >= 0.3 is 0 Å². The number of allylic oxidation sites excluding steroid dienone is 2. The molecule has 1 heterocycles. The Balaban J connectivity index is 3.01. The zero-order valence-corrected chi connectivity index (χ0v) is 5.85. The van der Waals surface area contributed by atoms with Crippen molar-refractivity contribution in [2.45, 2.75) is 6.92 Å². The standard InChI is InChI=1S/C6H8O2S/c1-5-4-6(7)2-3-9(5)8/h2-4,7-8H,1H3. The van der Waals surface area contributed by atoms with E-state index in [1.165, 1.54) is 6.08 Å². The molecule has 0 bridgehead atoms. The molecule has 0 aromatic carbocycles. The molecule has 1 unspecified atom stereocenters. The summed E-state index contributed by atoms with van der Waals surface area (Å²) in [5, 5.41) is 10.4. The van der Waals surface area contributed by atoms with Crippen LogP contribution in [0.4, 0.5) is 0 Å². The highest BCUT2D eigenvalue weighted by atomic mass is 32.2. The first-order chi connectivity index (χ1) is 4.20. The van der Waals surface area contributed by atoms with Gasteiger partial charge in [0.1, 0.15) is 5.76 Å². The molecule has 1 rings (SSSR count). The van der Waals surface area contributed by atoms with E-state index in [9.17, 15) is 0 Å². The third-order valence-corrected chi connectivity index (χ3v) is 2.22. The van der Waals surface area contributed by atoms with Crippen molar-refractivity contribution in [2.24, 2.45) is 0 Å². The summed E-state index contributed by atoms with van der Waals surface area (Å²) < 4.78 is 9.04. The summed E-state index contributed by atoms with van der Waals surface area (Å²) in [7, 11) is -0.756. The molecule has 0 spiro atoms. The van der Waals surface area contributed by atoms with Crippen molar-refractivity contribution in [3.05, 3.63) is 23.3 Å². The Morgan fingerprint density at radius 1 is 1.56 bits per heavy atom. The van der Waals surface area contributed by atoms with Crippen molar-refractivity contribution >= 4 is 15.6 Å². The van der Waals surface area contributed by atoms with Gasteiger partial charge in [-0.25, -0.2) is 0 Å². The maximum Gasteiger partial charge on any atom is 0.116 e. The number of hydrogen-bond acceptors (Lipinski definition) is 2. The minimum atomic E-state index is -0.756. The van der Waals surface area contributed by atoms with Gasteiger partial charge in [0.05, 0.1) is 0 Å². The molecular weight excluding hydrogens is 136 g/mol. The fraction of sp³-hybridized carbons (Fsp3) is 0.167. The summed E-state index contributed by atoms with van der Waals surface area (Å²) in [6.45, 7) is 1.78. The Labute approximate surface area is 56.3 Å². The minimum Gasteiger partial charge on any atom is -0.508 e. The van der Waals surface area contributed by atoms with Crippen molar-refractivity contribution in [1.82, 2.24) is 0 Å². The van der Waals surface area contributed by atoms with E-state index in [-0.39, 0.29) is 5.76 Å². The third-order valence-electron chi connectivity index (χ3n) is 1.05. The summed E-state index contributed by atoms with van der Waals surface area (Å²) >= 11 is 0. The maximum absolute atomic E-state index is 9.04. The van der Waals surface area contributed by atoms with Crippen molar-refractivity contribution in [3.63, 3.8) is 0 Å². The van der Waals surface area contributed by atoms with Gasteiger partial charge in [0.25, 0.3) is 0 Å². The largest absolute Gasteiger partial charge is 0.508 e. The summed E-state index contributed by atoms with van der Waals surface area (Å²) in [5.41, 5.74) is 0. The fourth-order valence-electron chi connectivity index (χ4n) is 0.558. The first-order valence-corrected chi connectivity index (χ1v) is 3.79. The fourth-order valence-corrected chi connectivity index (χ4v) is 1.28. The van der Waals surface area contributed by atoms with Crippen LogP contribution in [-0.2, 0) is 0 Å². The van der Waals surface area contributed by atoms with E-state index < -0.39 is 10.8 Å². The molecule has 0 saturated heterocycles. The molecule has 0 aliphatic carbocycles. The lowest BCUT2D eigenvalue weighted by atomic mass is 10.4. The summed E-state index contributed by atoms with van der Waals surface area (Å²) in [6, 6.07) is 0. The third kappa shape index (κ3) is 1.43. The van der Waals surface area contributed by atoms with Gasteiger partial charge in [0, 0.05) is 4.86 Å². The van der Waals surface area contributed by atoms with E-state index in [1.54, 1.807) is 18.4 Å². The molecule has 2 nitrogen and oxygen atoms in total. The first kappa shape index (κ1) is 6.58. The molecule has 3 heteroatoms. The second-order valence-electron chi connectivity index (χ2n) is 1.80. The van der Waals surface area contributed by atoms with Gasteiger partial charge in [0.15, 0.2) is 0 Å². The van der Waals surface area contributed by atoms with E-state index in [0.29, 0.717) is 0 Å². The van der Waals surface area contributed by atoms with Crippen molar-refractivity contribution < 1.29 is 9.66 Å². The molecule has 0 fully saturated rings. The summed E-state index contributed by atoms with van der Waals surface area (Å²) in [5.74, 6) is 0.213. The lowest BCUT2D eigenvalue weighted by Gasteiger charge is -2.02. The van der Waals surface area contributed by atoms with Gasteiger partial charge in [-0.2, -0.15) is 0 Å². The van der Waals surface area contributed by atoms with Crippen LogP contribution in [-0.4, -0.2) is 14.5 Å². The molecule has 1 aliphatic heterocycles. The molecule has 9 heavy (non-hydrogen) atoms. The van der Waals surface area contributed by atoms with Crippen LogP contribution in [0.5, 0.6) is 0 Å². The van der Waals surface area contributed by atoms with Crippen LogP contribution in [0, 0.1) is 0 Å². The van der Waals surface area contributed by atoms with Crippen molar-refractivity contribution in [1.29, 1.82) is 0 Å². The highest BCUT2D eigenvalue weighted by Gasteiger charge is 1.97. The predicted molar refractivity (Wildman–Crippen MR) is 40.8 cm³/mol. The zero-order valence-electron chi connectivity index (χ0n) is 5.03. The average Bonchev–Trinajstić information content (AvgIpc) is 1.80. The summed E-state index contributed by atoms with van der Waals surface area (Å²) in [6.07, 6.45) is 3.05. The number of aliphatic hydroxyl groups excluding tert-OH is 1. The van der Waals surface area contributed by atoms with Gasteiger partial charge in [-0.05, 0) is 35.2 Å². The molecule has 2 N–H and O–H groups in total. The lowest BCUT2D eigenvalue weighted by molar-refractivity contribution is 0.433. The van der Waals surface area contributed by atoms with Crippen LogP contribution < -0.4 is 0 Å². The second-order valence-corrected chi connectivity index (χ2v) is 3.34. The van der Waals surface area contributed by atoms with Gasteiger partial charge < -0.3 is 9.66 Å². The minimum absolute atomic E-state index is 0.213. The molecule has 0 aromatic rings. The Morgan fingerprint density at radius 2 is 2.22 bits per heavy atom. The van der Waals surface area contributed by atoms with Crippen LogP contribution in [0.15, 0.2) is 23.3 Å². The predicted octanol–water partition coefficient (Wildman–Crippen LogP) is 1.89. The molecule has 0 saturated carbocycles. The summed E-state index contributed by atoms with van der Waals surface area (Å²) in [4.78, 5) is 0.801. The molecule has 50 valence electrons. The number of rotatable bonds is 0. The lowest BCUT2D eigenvalue weighted by Crippen LogP contribution is -1.91. The van der Waals surface area contributed by atoms with Crippen LogP contribution in [0.3, 0.4) is 0 Å². The van der Waals surface area contributed by atoms with Crippen LogP contribution >= 0.6 is 10.8 Å².